The van der Waals surface area contributed by atoms with E-state index in [1.807, 2.05) is 0 Å². The third-order valence-electron chi connectivity index (χ3n) is 1.03. The van der Waals surface area contributed by atoms with E-state index in [0.29, 0.717) is 6.54 Å². The van der Waals surface area contributed by atoms with Crippen molar-refractivity contribution in [3.8, 4) is 0 Å². The maximum absolute atomic E-state index is 12.2. The smallest absolute Gasteiger partial charge is 0.213 e. The fourth-order valence-corrected chi connectivity index (χ4v) is 0.570. The Kier molecular flexibility index (Phi) is 3.91. The number of pyridine rings is 1. The van der Waals surface area contributed by atoms with Crippen molar-refractivity contribution in [2.45, 2.75) is 6.54 Å². The molecule has 0 bridgehead atoms. The third kappa shape index (κ3) is 2.29. The Labute approximate surface area is 64.7 Å². The number of halogens is 2. The van der Waals surface area contributed by atoms with Gasteiger partial charge in [-0.05, 0) is 17.7 Å². The minimum Gasteiger partial charge on any atom is -0.326 e. The van der Waals surface area contributed by atoms with Gasteiger partial charge in [0, 0.05) is 12.7 Å². The largest absolute Gasteiger partial charge is 0.326 e. The Morgan fingerprint density at radius 1 is 1.60 bits per heavy atom. The highest BCUT2D eigenvalue weighted by molar-refractivity contribution is 5.85. The first kappa shape index (κ1) is 9.33. The SMILES string of the molecule is Cl.NCc1ccnc(F)c1. The van der Waals surface area contributed by atoms with E-state index in [4.69, 9.17) is 5.73 Å². The molecular formula is C6H8ClFN2. The summed E-state index contributed by atoms with van der Waals surface area (Å²) < 4.78 is 12.2. The predicted octanol–water partition coefficient (Wildman–Crippen LogP) is 1.10. The van der Waals surface area contributed by atoms with Crippen LogP contribution in [0.2, 0.25) is 0 Å². The van der Waals surface area contributed by atoms with Gasteiger partial charge in [0.1, 0.15) is 0 Å². The van der Waals surface area contributed by atoms with Gasteiger partial charge in [0.15, 0.2) is 0 Å². The van der Waals surface area contributed by atoms with Crippen molar-refractivity contribution in [3.63, 3.8) is 0 Å². The first-order valence-corrected chi connectivity index (χ1v) is 2.63. The molecule has 0 aliphatic rings. The highest BCUT2D eigenvalue weighted by Crippen LogP contribution is 1.97. The van der Waals surface area contributed by atoms with Crippen LogP contribution in [0.15, 0.2) is 18.3 Å². The van der Waals surface area contributed by atoms with Gasteiger partial charge in [-0.1, -0.05) is 0 Å². The Bertz CT molecular complexity index is 205. The van der Waals surface area contributed by atoms with E-state index in [0.717, 1.165) is 5.56 Å². The van der Waals surface area contributed by atoms with Crippen molar-refractivity contribution in [2.24, 2.45) is 5.73 Å². The molecule has 0 fully saturated rings. The molecule has 0 aromatic carbocycles. The van der Waals surface area contributed by atoms with Crippen molar-refractivity contribution in [1.29, 1.82) is 0 Å². The second kappa shape index (κ2) is 4.19. The van der Waals surface area contributed by atoms with Crippen LogP contribution in [-0.4, -0.2) is 4.98 Å². The molecule has 0 saturated carbocycles. The quantitative estimate of drug-likeness (QED) is 0.629. The van der Waals surface area contributed by atoms with Crippen molar-refractivity contribution in [2.75, 3.05) is 0 Å². The average Bonchev–Trinajstić information content (AvgIpc) is 1.88. The second-order valence-electron chi connectivity index (χ2n) is 1.69. The Balaban J connectivity index is 0.000000810. The van der Waals surface area contributed by atoms with Crippen LogP contribution in [0, 0.1) is 5.95 Å². The molecule has 2 nitrogen and oxygen atoms in total. The van der Waals surface area contributed by atoms with Gasteiger partial charge >= 0.3 is 0 Å². The van der Waals surface area contributed by atoms with E-state index < -0.39 is 5.95 Å². The number of aromatic nitrogens is 1. The van der Waals surface area contributed by atoms with E-state index in [1.54, 1.807) is 6.07 Å². The van der Waals surface area contributed by atoms with Gasteiger partial charge in [0.05, 0.1) is 0 Å². The maximum atomic E-state index is 12.2. The summed E-state index contributed by atoms with van der Waals surface area (Å²) in [4.78, 5) is 3.37. The molecule has 0 saturated heterocycles. The molecule has 0 aliphatic heterocycles. The molecule has 0 atom stereocenters. The number of hydrogen-bond acceptors (Lipinski definition) is 2. The topological polar surface area (TPSA) is 38.9 Å². The number of hydrogen-bond donors (Lipinski definition) is 1. The summed E-state index contributed by atoms with van der Waals surface area (Å²) in [5.74, 6) is -0.474. The molecule has 1 heterocycles. The first-order valence-electron chi connectivity index (χ1n) is 2.63. The van der Waals surface area contributed by atoms with Gasteiger partial charge in [-0.3, -0.25) is 0 Å². The molecule has 1 aromatic heterocycles. The zero-order valence-corrected chi connectivity index (χ0v) is 6.07. The van der Waals surface area contributed by atoms with Gasteiger partial charge < -0.3 is 5.73 Å². The minimum absolute atomic E-state index is 0. The number of nitrogens with zero attached hydrogens (tertiary/aromatic N) is 1. The second-order valence-corrected chi connectivity index (χ2v) is 1.69. The summed E-state index contributed by atoms with van der Waals surface area (Å²) in [6, 6.07) is 3.00. The van der Waals surface area contributed by atoms with E-state index in [-0.39, 0.29) is 12.4 Å². The molecular weight excluding hydrogens is 155 g/mol. The van der Waals surface area contributed by atoms with Crippen LogP contribution < -0.4 is 5.73 Å². The minimum atomic E-state index is -0.474. The maximum Gasteiger partial charge on any atom is 0.213 e. The van der Waals surface area contributed by atoms with E-state index >= 15 is 0 Å². The van der Waals surface area contributed by atoms with E-state index in [2.05, 4.69) is 4.98 Å². The highest BCUT2D eigenvalue weighted by Gasteiger charge is 1.90. The lowest BCUT2D eigenvalue weighted by molar-refractivity contribution is 0.581. The molecule has 0 aliphatic carbocycles. The lowest BCUT2D eigenvalue weighted by Crippen LogP contribution is -1.96. The summed E-state index contributed by atoms with van der Waals surface area (Å²) in [6.45, 7) is 0.361. The van der Waals surface area contributed by atoms with E-state index in [1.165, 1.54) is 12.3 Å². The van der Waals surface area contributed by atoms with Gasteiger partial charge in [0.25, 0.3) is 0 Å². The molecule has 0 radical (unpaired) electrons. The number of rotatable bonds is 1. The molecule has 1 rings (SSSR count). The van der Waals surface area contributed by atoms with Crippen LogP contribution >= 0.6 is 12.4 Å². The molecule has 2 N–H and O–H groups in total. The van der Waals surface area contributed by atoms with Gasteiger partial charge in [-0.25, -0.2) is 4.98 Å². The van der Waals surface area contributed by atoms with Crippen LogP contribution in [0.1, 0.15) is 5.56 Å². The molecule has 56 valence electrons. The van der Waals surface area contributed by atoms with Crippen LogP contribution in [0.25, 0.3) is 0 Å². The van der Waals surface area contributed by atoms with Crippen LogP contribution in [-0.2, 0) is 6.54 Å². The van der Waals surface area contributed by atoms with Crippen LogP contribution in [0.3, 0.4) is 0 Å². The summed E-state index contributed by atoms with van der Waals surface area (Å²) in [5.41, 5.74) is 5.99. The van der Waals surface area contributed by atoms with Gasteiger partial charge in [-0.15, -0.1) is 12.4 Å². The fourth-order valence-electron chi connectivity index (χ4n) is 0.570. The van der Waals surface area contributed by atoms with Crippen LogP contribution in [0.5, 0.6) is 0 Å². The van der Waals surface area contributed by atoms with E-state index in [9.17, 15) is 4.39 Å². The van der Waals surface area contributed by atoms with Crippen molar-refractivity contribution < 1.29 is 4.39 Å². The summed E-state index contributed by atoms with van der Waals surface area (Å²) in [5, 5.41) is 0. The van der Waals surface area contributed by atoms with Gasteiger partial charge in [-0.2, -0.15) is 4.39 Å². The Morgan fingerprint density at radius 3 is 2.70 bits per heavy atom. The lowest BCUT2D eigenvalue weighted by Gasteiger charge is -1.92. The first-order chi connectivity index (χ1) is 4.33. The van der Waals surface area contributed by atoms with Crippen molar-refractivity contribution >= 4 is 12.4 Å². The summed E-state index contributed by atoms with van der Waals surface area (Å²) in [7, 11) is 0. The molecule has 0 spiro atoms. The lowest BCUT2D eigenvalue weighted by atomic mass is 10.3. The monoisotopic (exact) mass is 162 g/mol. The zero-order chi connectivity index (χ0) is 6.69. The third-order valence-corrected chi connectivity index (χ3v) is 1.03. The fraction of sp³-hybridized carbons (Fsp3) is 0.167. The normalized spacial score (nSPS) is 8.60. The van der Waals surface area contributed by atoms with Crippen LogP contribution in [0.4, 0.5) is 4.39 Å². The molecule has 10 heavy (non-hydrogen) atoms. The summed E-state index contributed by atoms with van der Waals surface area (Å²) >= 11 is 0. The average molecular weight is 163 g/mol. The number of nitrogens with two attached hydrogens (primary N) is 1. The summed E-state index contributed by atoms with van der Waals surface area (Å²) in [6.07, 6.45) is 1.40. The Hall–Kier alpha value is -0.670. The highest BCUT2D eigenvalue weighted by atomic mass is 35.5. The van der Waals surface area contributed by atoms with Crippen molar-refractivity contribution in [3.05, 3.63) is 29.8 Å². The zero-order valence-electron chi connectivity index (χ0n) is 5.25. The Morgan fingerprint density at radius 2 is 2.30 bits per heavy atom. The molecule has 0 unspecified atom stereocenters. The predicted molar refractivity (Wildman–Crippen MR) is 39.3 cm³/mol. The van der Waals surface area contributed by atoms with Crippen molar-refractivity contribution in [1.82, 2.24) is 4.98 Å². The molecule has 1 aromatic rings. The molecule has 4 heteroatoms. The van der Waals surface area contributed by atoms with Gasteiger partial charge in [0.2, 0.25) is 5.95 Å². The standard InChI is InChI=1S/C6H7FN2.ClH/c7-6-3-5(4-8)1-2-9-6;/h1-3H,4,8H2;1H. The molecule has 0 amide bonds.